The van der Waals surface area contributed by atoms with Crippen LogP contribution in [0, 0.1) is 12.7 Å². The number of furan rings is 1. The van der Waals surface area contributed by atoms with E-state index in [-0.39, 0.29) is 11.9 Å². The molecule has 3 rings (SSSR count). The van der Waals surface area contributed by atoms with Crippen LogP contribution in [0.3, 0.4) is 0 Å². The van der Waals surface area contributed by atoms with Gasteiger partial charge < -0.3 is 4.42 Å². The highest BCUT2D eigenvalue weighted by Gasteiger charge is 2.21. The van der Waals surface area contributed by atoms with Crippen LogP contribution < -0.4 is 11.3 Å². The van der Waals surface area contributed by atoms with Crippen LogP contribution in [0.15, 0.2) is 52.9 Å². The molecule has 3 N–H and O–H groups in total. The minimum Gasteiger partial charge on any atom is -0.459 e. The summed E-state index contributed by atoms with van der Waals surface area (Å²) in [5.41, 5.74) is 5.32. The van der Waals surface area contributed by atoms with E-state index in [0.717, 1.165) is 16.5 Å². The Bertz CT molecular complexity index is 737. The zero-order chi connectivity index (χ0) is 14.1. The number of nitrogens with one attached hydrogen (secondary N) is 1. The van der Waals surface area contributed by atoms with Crippen LogP contribution in [-0.4, -0.2) is 0 Å². The number of halogens is 1. The van der Waals surface area contributed by atoms with Crippen molar-refractivity contribution in [1.82, 2.24) is 5.43 Å². The normalized spacial score (nSPS) is 12.8. The third-order valence-corrected chi connectivity index (χ3v) is 3.50. The van der Waals surface area contributed by atoms with Gasteiger partial charge in [0.1, 0.15) is 23.2 Å². The first-order chi connectivity index (χ1) is 9.70. The smallest absolute Gasteiger partial charge is 0.134 e. The molecule has 2 aromatic carbocycles. The fourth-order valence-electron chi connectivity index (χ4n) is 2.46. The molecule has 0 saturated heterocycles. The summed E-state index contributed by atoms with van der Waals surface area (Å²) >= 11 is 0. The molecule has 0 spiro atoms. The van der Waals surface area contributed by atoms with E-state index < -0.39 is 0 Å². The molecule has 0 aliphatic carbocycles. The van der Waals surface area contributed by atoms with E-state index in [1.807, 2.05) is 37.3 Å². The van der Waals surface area contributed by atoms with E-state index in [4.69, 9.17) is 10.3 Å². The van der Waals surface area contributed by atoms with Gasteiger partial charge in [0, 0.05) is 10.9 Å². The quantitative estimate of drug-likeness (QED) is 0.566. The Morgan fingerprint density at radius 1 is 1.15 bits per heavy atom. The van der Waals surface area contributed by atoms with Gasteiger partial charge in [0.2, 0.25) is 0 Å². The SMILES string of the molecule is Cc1c(C(NN)c2ccccc2)oc2ccc(F)cc12. The van der Waals surface area contributed by atoms with Crippen LogP contribution >= 0.6 is 0 Å². The molecule has 1 heterocycles. The number of fused-ring (bicyclic) bond motifs is 1. The van der Waals surface area contributed by atoms with Gasteiger partial charge in [0.15, 0.2) is 0 Å². The van der Waals surface area contributed by atoms with Crippen LogP contribution in [0.4, 0.5) is 4.39 Å². The van der Waals surface area contributed by atoms with E-state index >= 15 is 0 Å². The van der Waals surface area contributed by atoms with Gasteiger partial charge >= 0.3 is 0 Å². The molecule has 1 unspecified atom stereocenters. The molecule has 4 heteroatoms. The number of hydrazine groups is 1. The van der Waals surface area contributed by atoms with Crippen LogP contribution in [0.25, 0.3) is 11.0 Å². The number of aryl methyl sites for hydroxylation is 1. The van der Waals surface area contributed by atoms with Crippen molar-refractivity contribution in [3.63, 3.8) is 0 Å². The minimum atomic E-state index is -0.273. The zero-order valence-electron chi connectivity index (χ0n) is 11.1. The molecule has 1 aromatic heterocycles. The molecule has 102 valence electrons. The van der Waals surface area contributed by atoms with Crippen molar-refractivity contribution in [3.8, 4) is 0 Å². The van der Waals surface area contributed by atoms with Crippen molar-refractivity contribution in [2.24, 2.45) is 5.84 Å². The lowest BCUT2D eigenvalue weighted by atomic mass is 10.0. The maximum Gasteiger partial charge on any atom is 0.134 e. The van der Waals surface area contributed by atoms with Gasteiger partial charge in [-0.3, -0.25) is 5.84 Å². The van der Waals surface area contributed by atoms with Crippen LogP contribution in [0.1, 0.15) is 22.9 Å². The highest BCUT2D eigenvalue weighted by Crippen LogP contribution is 2.32. The Kier molecular flexibility index (Phi) is 3.26. The number of nitrogens with two attached hydrogens (primary N) is 1. The van der Waals surface area contributed by atoms with Gasteiger partial charge in [-0.1, -0.05) is 30.3 Å². The summed E-state index contributed by atoms with van der Waals surface area (Å²) in [7, 11) is 0. The molecule has 0 aliphatic heterocycles. The molecule has 0 saturated carbocycles. The van der Waals surface area contributed by atoms with E-state index in [9.17, 15) is 4.39 Å². The Morgan fingerprint density at radius 3 is 2.60 bits per heavy atom. The van der Waals surface area contributed by atoms with E-state index in [2.05, 4.69) is 5.43 Å². The predicted molar refractivity (Wildman–Crippen MR) is 76.5 cm³/mol. The number of benzene rings is 2. The van der Waals surface area contributed by atoms with Crippen molar-refractivity contribution in [1.29, 1.82) is 0 Å². The van der Waals surface area contributed by atoms with Crippen molar-refractivity contribution >= 4 is 11.0 Å². The maximum absolute atomic E-state index is 13.3. The molecule has 0 fully saturated rings. The molecule has 0 radical (unpaired) electrons. The highest BCUT2D eigenvalue weighted by atomic mass is 19.1. The lowest BCUT2D eigenvalue weighted by Gasteiger charge is -2.14. The Balaban J connectivity index is 2.15. The van der Waals surface area contributed by atoms with Gasteiger partial charge in [-0.25, -0.2) is 9.82 Å². The topological polar surface area (TPSA) is 51.2 Å². The van der Waals surface area contributed by atoms with Gasteiger partial charge in [-0.05, 0) is 30.7 Å². The second-order valence-electron chi connectivity index (χ2n) is 4.74. The van der Waals surface area contributed by atoms with Crippen LogP contribution in [-0.2, 0) is 0 Å². The van der Waals surface area contributed by atoms with Crippen molar-refractivity contribution < 1.29 is 8.81 Å². The van der Waals surface area contributed by atoms with Gasteiger partial charge in [-0.15, -0.1) is 0 Å². The average Bonchev–Trinajstić information content (AvgIpc) is 2.78. The van der Waals surface area contributed by atoms with Gasteiger partial charge in [0.05, 0.1) is 0 Å². The standard InChI is InChI=1S/C16H15FN2O/c1-10-13-9-12(17)7-8-14(13)20-16(10)15(19-18)11-5-3-2-4-6-11/h2-9,15,19H,18H2,1H3. The first kappa shape index (κ1) is 12.8. The maximum atomic E-state index is 13.3. The lowest BCUT2D eigenvalue weighted by Crippen LogP contribution is -2.28. The zero-order valence-corrected chi connectivity index (χ0v) is 11.1. The highest BCUT2D eigenvalue weighted by molar-refractivity contribution is 5.82. The molecule has 0 aliphatic rings. The number of hydrogen-bond donors (Lipinski definition) is 2. The Morgan fingerprint density at radius 2 is 1.90 bits per heavy atom. The van der Waals surface area contributed by atoms with Gasteiger partial charge in [-0.2, -0.15) is 0 Å². The monoisotopic (exact) mass is 270 g/mol. The average molecular weight is 270 g/mol. The van der Waals surface area contributed by atoms with Gasteiger partial charge in [0.25, 0.3) is 0 Å². The molecule has 20 heavy (non-hydrogen) atoms. The summed E-state index contributed by atoms with van der Waals surface area (Å²) in [6, 6.07) is 14.0. The number of rotatable bonds is 3. The third-order valence-electron chi connectivity index (χ3n) is 3.50. The summed E-state index contributed by atoms with van der Waals surface area (Å²) < 4.78 is 19.2. The molecule has 0 amide bonds. The molecule has 3 nitrogen and oxygen atoms in total. The Hall–Kier alpha value is -2.17. The fraction of sp³-hybridized carbons (Fsp3) is 0.125. The molecule has 0 bridgehead atoms. The summed E-state index contributed by atoms with van der Waals surface area (Å²) in [5, 5.41) is 0.774. The third kappa shape index (κ3) is 2.09. The lowest BCUT2D eigenvalue weighted by molar-refractivity contribution is 0.473. The Labute approximate surface area is 116 Å². The summed E-state index contributed by atoms with van der Waals surface area (Å²) in [5.74, 6) is 6.11. The molecular weight excluding hydrogens is 255 g/mol. The largest absolute Gasteiger partial charge is 0.459 e. The van der Waals surface area contributed by atoms with Crippen LogP contribution in [0.2, 0.25) is 0 Å². The molecular formula is C16H15FN2O. The second-order valence-corrected chi connectivity index (χ2v) is 4.74. The van der Waals surface area contributed by atoms with Crippen molar-refractivity contribution in [3.05, 3.63) is 71.2 Å². The van der Waals surface area contributed by atoms with Crippen LogP contribution in [0.5, 0.6) is 0 Å². The number of hydrogen-bond acceptors (Lipinski definition) is 3. The van der Waals surface area contributed by atoms with Crippen molar-refractivity contribution in [2.45, 2.75) is 13.0 Å². The van der Waals surface area contributed by atoms with E-state index in [0.29, 0.717) is 11.3 Å². The first-order valence-corrected chi connectivity index (χ1v) is 6.40. The molecule has 3 aromatic rings. The summed E-state index contributed by atoms with van der Waals surface area (Å²) in [4.78, 5) is 0. The minimum absolute atomic E-state index is 0.258. The molecule has 1 atom stereocenters. The second kappa shape index (κ2) is 5.07. The summed E-state index contributed by atoms with van der Waals surface area (Å²) in [6.45, 7) is 1.91. The summed E-state index contributed by atoms with van der Waals surface area (Å²) in [6.07, 6.45) is 0. The van der Waals surface area contributed by atoms with E-state index in [1.54, 1.807) is 6.07 Å². The predicted octanol–water partition coefficient (Wildman–Crippen LogP) is 3.43. The van der Waals surface area contributed by atoms with E-state index in [1.165, 1.54) is 12.1 Å². The fourth-order valence-corrected chi connectivity index (χ4v) is 2.46. The van der Waals surface area contributed by atoms with Crippen molar-refractivity contribution in [2.75, 3.05) is 0 Å². The first-order valence-electron chi connectivity index (χ1n) is 6.40.